The summed E-state index contributed by atoms with van der Waals surface area (Å²) in [6.45, 7) is 2.05. The van der Waals surface area contributed by atoms with Crippen LogP contribution in [0, 0.1) is 41.4 Å². The lowest BCUT2D eigenvalue weighted by molar-refractivity contribution is 0.726. The lowest BCUT2D eigenvalue weighted by Crippen LogP contribution is -2.21. The second-order valence-electron chi connectivity index (χ2n) is 5.13. The molecule has 0 aromatic heterocycles. The second-order valence-corrected chi connectivity index (χ2v) is 5.13. The molecule has 0 unspecified atom stereocenters. The summed E-state index contributed by atoms with van der Waals surface area (Å²) in [7, 11) is 0. The highest BCUT2D eigenvalue weighted by Gasteiger charge is 2.31. The molecule has 0 saturated heterocycles. The Bertz CT molecular complexity index is 766. The summed E-state index contributed by atoms with van der Waals surface area (Å²) in [5, 5.41) is 18.9. The SMILES string of the molecule is Cc1ccccc1CC#CCC(C#N)(C#N)c1ccccc1. The molecule has 2 heteroatoms. The zero-order valence-corrected chi connectivity index (χ0v) is 12.5. The van der Waals surface area contributed by atoms with E-state index in [4.69, 9.17) is 0 Å². The maximum atomic E-state index is 9.45. The van der Waals surface area contributed by atoms with Gasteiger partial charge in [-0.2, -0.15) is 10.5 Å². The molecule has 0 aliphatic rings. The van der Waals surface area contributed by atoms with Gasteiger partial charge in [0.15, 0.2) is 5.41 Å². The summed E-state index contributed by atoms with van der Waals surface area (Å²) < 4.78 is 0. The van der Waals surface area contributed by atoms with E-state index in [-0.39, 0.29) is 6.42 Å². The molecule has 0 aliphatic heterocycles. The van der Waals surface area contributed by atoms with Crippen LogP contribution in [0.25, 0.3) is 0 Å². The van der Waals surface area contributed by atoms with Crippen LogP contribution in [-0.2, 0) is 11.8 Å². The Morgan fingerprint density at radius 1 is 0.864 bits per heavy atom. The predicted octanol–water partition coefficient (Wildman–Crippen LogP) is 3.92. The molecular formula is C20H16N2. The van der Waals surface area contributed by atoms with Gasteiger partial charge in [-0.05, 0) is 23.6 Å². The Balaban J connectivity index is 2.16. The van der Waals surface area contributed by atoms with Crippen LogP contribution in [0.1, 0.15) is 23.1 Å². The topological polar surface area (TPSA) is 47.6 Å². The molecule has 0 saturated carbocycles. The van der Waals surface area contributed by atoms with Crippen molar-refractivity contribution in [1.29, 1.82) is 10.5 Å². The summed E-state index contributed by atoms with van der Waals surface area (Å²) >= 11 is 0. The molecule has 2 aromatic carbocycles. The third kappa shape index (κ3) is 3.35. The quantitative estimate of drug-likeness (QED) is 0.802. The highest BCUT2D eigenvalue weighted by atomic mass is 14.4. The molecule has 22 heavy (non-hydrogen) atoms. The molecule has 0 amide bonds. The van der Waals surface area contributed by atoms with Crippen LogP contribution >= 0.6 is 0 Å². The van der Waals surface area contributed by atoms with Crippen molar-refractivity contribution in [3.05, 3.63) is 71.3 Å². The number of benzene rings is 2. The van der Waals surface area contributed by atoms with Crippen LogP contribution in [-0.4, -0.2) is 0 Å². The van der Waals surface area contributed by atoms with E-state index in [0.29, 0.717) is 12.0 Å². The normalized spacial score (nSPS) is 9.95. The molecule has 0 bridgehead atoms. The van der Waals surface area contributed by atoms with Crippen molar-refractivity contribution in [1.82, 2.24) is 0 Å². The minimum atomic E-state index is -1.19. The Morgan fingerprint density at radius 3 is 2.14 bits per heavy atom. The van der Waals surface area contributed by atoms with Gasteiger partial charge in [0, 0.05) is 12.8 Å². The number of aryl methyl sites for hydroxylation is 1. The van der Waals surface area contributed by atoms with E-state index in [2.05, 4.69) is 37.0 Å². The van der Waals surface area contributed by atoms with Crippen LogP contribution in [0.4, 0.5) is 0 Å². The van der Waals surface area contributed by atoms with Crippen molar-refractivity contribution < 1.29 is 0 Å². The van der Waals surface area contributed by atoms with Crippen molar-refractivity contribution in [2.45, 2.75) is 25.2 Å². The van der Waals surface area contributed by atoms with Gasteiger partial charge in [-0.3, -0.25) is 0 Å². The first-order chi connectivity index (χ1) is 10.7. The minimum Gasteiger partial charge on any atom is -0.196 e. The first-order valence-electron chi connectivity index (χ1n) is 7.10. The van der Waals surface area contributed by atoms with E-state index >= 15 is 0 Å². The van der Waals surface area contributed by atoms with Crippen molar-refractivity contribution >= 4 is 0 Å². The summed E-state index contributed by atoms with van der Waals surface area (Å²) in [5.41, 5.74) is 1.88. The second kappa shape index (κ2) is 7.12. The van der Waals surface area contributed by atoms with E-state index in [9.17, 15) is 10.5 Å². The van der Waals surface area contributed by atoms with Crippen LogP contribution in [0.2, 0.25) is 0 Å². The highest BCUT2D eigenvalue weighted by Crippen LogP contribution is 2.26. The van der Waals surface area contributed by atoms with Gasteiger partial charge < -0.3 is 0 Å². The fourth-order valence-corrected chi connectivity index (χ4v) is 2.22. The lowest BCUT2D eigenvalue weighted by atomic mass is 9.80. The molecule has 0 aliphatic carbocycles. The Hall–Kier alpha value is -3.02. The third-order valence-corrected chi connectivity index (χ3v) is 3.67. The van der Waals surface area contributed by atoms with Gasteiger partial charge in [0.25, 0.3) is 0 Å². The zero-order valence-electron chi connectivity index (χ0n) is 12.5. The molecule has 0 spiro atoms. The monoisotopic (exact) mass is 284 g/mol. The van der Waals surface area contributed by atoms with Gasteiger partial charge in [0.05, 0.1) is 12.1 Å². The lowest BCUT2D eigenvalue weighted by Gasteiger charge is -2.15. The third-order valence-electron chi connectivity index (χ3n) is 3.67. The number of nitriles is 2. The minimum absolute atomic E-state index is 0.218. The average Bonchev–Trinajstić information content (AvgIpc) is 2.58. The number of hydrogen-bond acceptors (Lipinski definition) is 2. The molecule has 0 N–H and O–H groups in total. The molecule has 2 rings (SSSR count). The first kappa shape index (κ1) is 15.4. The Kier molecular flexibility index (Phi) is 4.98. The van der Waals surface area contributed by atoms with Crippen LogP contribution in [0.15, 0.2) is 54.6 Å². The molecule has 0 radical (unpaired) electrons. The van der Waals surface area contributed by atoms with Gasteiger partial charge in [0.2, 0.25) is 0 Å². The van der Waals surface area contributed by atoms with Gasteiger partial charge in [-0.25, -0.2) is 0 Å². The average molecular weight is 284 g/mol. The Morgan fingerprint density at radius 2 is 1.50 bits per heavy atom. The summed E-state index contributed by atoms with van der Waals surface area (Å²) in [4.78, 5) is 0. The van der Waals surface area contributed by atoms with Gasteiger partial charge in [0.1, 0.15) is 0 Å². The fraction of sp³-hybridized carbons (Fsp3) is 0.200. The smallest absolute Gasteiger partial charge is 0.179 e. The highest BCUT2D eigenvalue weighted by molar-refractivity contribution is 5.42. The van der Waals surface area contributed by atoms with Gasteiger partial charge in [-0.15, -0.1) is 0 Å². The predicted molar refractivity (Wildman–Crippen MR) is 86.6 cm³/mol. The number of hydrogen-bond donors (Lipinski definition) is 0. The molecule has 0 fully saturated rings. The van der Waals surface area contributed by atoms with Gasteiger partial charge in [-0.1, -0.05) is 66.4 Å². The van der Waals surface area contributed by atoms with Crippen LogP contribution < -0.4 is 0 Å². The summed E-state index contributed by atoms with van der Waals surface area (Å²) in [6, 6.07) is 21.5. The largest absolute Gasteiger partial charge is 0.196 e. The van der Waals surface area contributed by atoms with E-state index in [1.807, 2.05) is 36.4 Å². The van der Waals surface area contributed by atoms with Crippen molar-refractivity contribution in [3.63, 3.8) is 0 Å². The van der Waals surface area contributed by atoms with Gasteiger partial charge >= 0.3 is 0 Å². The van der Waals surface area contributed by atoms with E-state index in [1.54, 1.807) is 12.1 Å². The number of rotatable bonds is 3. The van der Waals surface area contributed by atoms with E-state index in [1.165, 1.54) is 11.1 Å². The first-order valence-corrected chi connectivity index (χ1v) is 7.10. The summed E-state index contributed by atoms with van der Waals surface area (Å²) in [6.07, 6.45) is 0.851. The molecule has 2 nitrogen and oxygen atoms in total. The van der Waals surface area contributed by atoms with Crippen LogP contribution in [0.3, 0.4) is 0 Å². The van der Waals surface area contributed by atoms with Crippen LogP contribution in [0.5, 0.6) is 0 Å². The maximum absolute atomic E-state index is 9.45. The zero-order chi connectivity index (χ0) is 15.8. The molecule has 106 valence electrons. The van der Waals surface area contributed by atoms with Crippen molar-refractivity contribution in [2.24, 2.45) is 0 Å². The summed E-state index contributed by atoms with van der Waals surface area (Å²) in [5.74, 6) is 6.09. The molecule has 2 aromatic rings. The number of nitrogens with zero attached hydrogens (tertiary/aromatic N) is 2. The maximum Gasteiger partial charge on any atom is 0.179 e. The van der Waals surface area contributed by atoms with E-state index < -0.39 is 5.41 Å². The fourth-order valence-electron chi connectivity index (χ4n) is 2.22. The molecule has 0 heterocycles. The van der Waals surface area contributed by atoms with Crippen molar-refractivity contribution in [3.8, 4) is 24.0 Å². The Labute approximate surface area is 131 Å². The van der Waals surface area contributed by atoms with Crippen molar-refractivity contribution in [2.75, 3.05) is 0 Å². The van der Waals surface area contributed by atoms with E-state index in [0.717, 1.165) is 0 Å². The molecule has 0 atom stereocenters. The standard InChI is InChI=1S/C20H16N2/c1-17-9-5-6-10-18(17)11-7-8-14-20(15-21,16-22)19-12-3-2-4-13-19/h2-6,9-10,12-13H,11,14H2,1H3. The molecular weight excluding hydrogens is 268 g/mol.